The second-order valence-corrected chi connectivity index (χ2v) is 13.9. The van der Waals surface area contributed by atoms with Gasteiger partial charge in [-0.3, -0.25) is 4.68 Å². The lowest BCUT2D eigenvalue weighted by atomic mass is 9.81. The van der Waals surface area contributed by atoms with Crippen LogP contribution >= 0.6 is 34.3 Å². The molecule has 3 aromatic heterocycles. The van der Waals surface area contributed by atoms with Gasteiger partial charge >= 0.3 is 5.97 Å². The van der Waals surface area contributed by atoms with Gasteiger partial charge in [0.1, 0.15) is 0 Å². The summed E-state index contributed by atoms with van der Waals surface area (Å²) in [7, 11) is 1.93. The number of carbonyl (C=O) groups is 1. The molecule has 0 aliphatic rings. The first-order valence-corrected chi connectivity index (χ1v) is 16.0. The van der Waals surface area contributed by atoms with Crippen molar-refractivity contribution in [2.75, 3.05) is 0 Å². The average Bonchev–Trinajstić information content (AvgIpc) is 3.69. The topological polar surface area (TPSA) is 90.1 Å². The Morgan fingerprint density at radius 2 is 1.77 bits per heavy atom. The van der Waals surface area contributed by atoms with Crippen molar-refractivity contribution in [2.45, 2.75) is 52.2 Å². The van der Waals surface area contributed by atoms with Gasteiger partial charge in [-0.15, -0.1) is 22.7 Å². The number of thiazole rings is 2. The molecule has 1 atom stereocenters. The number of carboxylic acids is 1. The van der Waals surface area contributed by atoms with Crippen LogP contribution in [-0.4, -0.2) is 36.4 Å². The molecule has 43 heavy (non-hydrogen) atoms. The Morgan fingerprint density at radius 1 is 1.05 bits per heavy atom. The second kappa shape index (κ2) is 10.8. The predicted molar refractivity (Wildman–Crippen MR) is 176 cm³/mol. The molecule has 0 aliphatic heterocycles. The van der Waals surface area contributed by atoms with Crippen LogP contribution in [0.25, 0.3) is 53.5 Å². The van der Waals surface area contributed by atoms with Gasteiger partial charge in [-0.05, 0) is 75.6 Å². The highest BCUT2D eigenvalue weighted by Crippen LogP contribution is 2.48. The summed E-state index contributed by atoms with van der Waals surface area (Å²) in [4.78, 5) is 23.1. The van der Waals surface area contributed by atoms with Gasteiger partial charge in [0.2, 0.25) is 0 Å². The maximum Gasteiger partial charge on any atom is 0.340 e. The van der Waals surface area contributed by atoms with E-state index in [0.717, 1.165) is 59.1 Å². The van der Waals surface area contributed by atoms with E-state index in [9.17, 15) is 9.90 Å². The summed E-state index contributed by atoms with van der Waals surface area (Å²) in [6, 6.07) is 15.7. The Hall–Kier alpha value is -3.63. The zero-order valence-electron chi connectivity index (χ0n) is 24.7. The molecule has 0 aliphatic carbocycles. The van der Waals surface area contributed by atoms with Crippen LogP contribution in [0.1, 0.15) is 45.2 Å². The van der Waals surface area contributed by atoms with Crippen molar-refractivity contribution in [2.24, 2.45) is 7.05 Å². The summed E-state index contributed by atoms with van der Waals surface area (Å²) in [5.74, 6) is -1.03. The lowest BCUT2D eigenvalue weighted by Gasteiger charge is -2.38. The third kappa shape index (κ3) is 5.25. The molecule has 1 N–H and O–H groups in total. The zero-order chi connectivity index (χ0) is 30.7. The number of ether oxygens (including phenoxy) is 1. The Balaban J connectivity index is 1.55. The minimum absolute atomic E-state index is 0.245. The van der Waals surface area contributed by atoms with E-state index >= 15 is 0 Å². The number of aryl methyl sites for hydroxylation is 2. The second-order valence-electron chi connectivity index (χ2n) is 11.6. The molecule has 3 heterocycles. The molecule has 3 aromatic carbocycles. The van der Waals surface area contributed by atoms with Crippen molar-refractivity contribution in [3.63, 3.8) is 0 Å². The van der Waals surface area contributed by atoms with Crippen molar-refractivity contribution < 1.29 is 14.6 Å². The van der Waals surface area contributed by atoms with Gasteiger partial charge in [-0.2, -0.15) is 5.10 Å². The fourth-order valence-electron chi connectivity index (χ4n) is 5.65. The highest BCUT2D eigenvalue weighted by molar-refractivity contribution is 7.25. The number of nitrogens with zero attached hydrogens (tertiary/aromatic N) is 4. The molecule has 7 nitrogen and oxygen atoms in total. The number of carboxylic acid groups (broad SMARTS) is 1. The Bertz CT molecular complexity index is 2000. The first-order valence-electron chi connectivity index (χ1n) is 13.9. The summed E-state index contributed by atoms with van der Waals surface area (Å²) in [5.41, 5.74) is 4.52. The molecule has 0 bridgehead atoms. The third-order valence-electron chi connectivity index (χ3n) is 7.47. The van der Waals surface area contributed by atoms with Gasteiger partial charge in [0.15, 0.2) is 15.6 Å². The molecule has 0 amide bonds. The maximum absolute atomic E-state index is 13.1. The quantitative estimate of drug-likeness (QED) is 0.189. The standard InChI is InChI=1S/C33H31ClN4O3S2/c1-7-33(31(39)40,41-32(3,4)5)27-18(2)14-23-28(26(27)19-8-11-22(34)12-9-19)43-30(36-23)29-37-24(17-42-29)20-10-13-25-21(15-20)16-35-38(25)6/h8-17H,7H2,1-6H3,(H,39,40). The molecule has 220 valence electrons. The molecule has 1 unspecified atom stereocenters. The van der Waals surface area contributed by atoms with Crippen LogP contribution in [0.3, 0.4) is 0 Å². The van der Waals surface area contributed by atoms with Gasteiger partial charge in [-0.25, -0.2) is 14.8 Å². The lowest BCUT2D eigenvalue weighted by Crippen LogP contribution is -2.44. The smallest absolute Gasteiger partial charge is 0.340 e. The summed E-state index contributed by atoms with van der Waals surface area (Å²) in [6.07, 6.45) is 2.10. The lowest BCUT2D eigenvalue weighted by molar-refractivity contribution is -0.188. The highest BCUT2D eigenvalue weighted by Gasteiger charge is 2.46. The van der Waals surface area contributed by atoms with Crippen LogP contribution in [0.5, 0.6) is 0 Å². The van der Waals surface area contributed by atoms with Crippen molar-refractivity contribution >= 4 is 61.4 Å². The monoisotopic (exact) mass is 630 g/mol. The van der Waals surface area contributed by atoms with Crippen molar-refractivity contribution in [3.05, 3.63) is 76.3 Å². The van der Waals surface area contributed by atoms with Crippen LogP contribution in [0.2, 0.25) is 5.02 Å². The number of benzene rings is 3. The first kappa shape index (κ1) is 29.4. The van der Waals surface area contributed by atoms with E-state index in [4.69, 9.17) is 26.3 Å². The van der Waals surface area contributed by atoms with Crippen LogP contribution in [-0.2, 0) is 22.2 Å². The average molecular weight is 631 g/mol. The first-order chi connectivity index (χ1) is 20.4. The van der Waals surface area contributed by atoms with Gasteiger partial charge in [0.25, 0.3) is 0 Å². The number of aromatic nitrogens is 4. The van der Waals surface area contributed by atoms with E-state index in [0.29, 0.717) is 10.6 Å². The summed E-state index contributed by atoms with van der Waals surface area (Å²) in [5, 5.41) is 20.4. The van der Waals surface area contributed by atoms with E-state index in [-0.39, 0.29) is 6.42 Å². The van der Waals surface area contributed by atoms with E-state index in [1.165, 1.54) is 22.7 Å². The maximum atomic E-state index is 13.1. The van der Waals surface area contributed by atoms with Gasteiger partial charge in [0, 0.05) is 39.5 Å². The Kier molecular flexibility index (Phi) is 7.41. The van der Waals surface area contributed by atoms with Crippen LogP contribution in [0.4, 0.5) is 0 Å². The van der Waals surface area contributed by atoms with Gasteiger partial charge in [-0.1, -0.05) is 36.7 Å². The third-order valence-corrected chi connectivity index (χ3v) is 9.79. The van der Waals surface area contributed by atoms with E-state index in [1.54, 1.807) is 0 Å². The molecule has 0 radical (unpaired) electrons. The molecular formula is C33H31ClN4O3S2. The van der Waals surface area contributed by atoms with Gasteiger partial charge < -0.3 is 9.84 Å². The molecule has 0 spiro atoms. The van der Waals surface area contributed by atoms with E-state index in [1.807, 2.05) is 88.3 Å². The highest BCUT2D eigenvalue weighted by atomic mass is 35.5. The van der Waals surface area contributed by atoms with E-state index in [2.05, 4.69) is 23.3 Å². The van der Waals surface area contributed by atoms with Crippen molar-refractivity contribution in [3.8, 4) is 32.4 Å². The molecule has 6 aromatic rings. The number of rotatable bonds is 7. The Morgan fingerprint density at radius 3 is 2.44 bits per heavy atom. The number of aliphatic carboxylic acids is 1. The van der Waals surface area contributed by atoms with Crippen molar-refractivity contribution in [1.82, 2.24) is 19.7 Å². The molecule has 0 saturated carbocycles. The Labute approximate surface area is 262 Å². The number of hydrogen-bond donors (Lipinski definition) is 1. The van der Waals surface area contributed by atoms with Crippen LogP contribution < -0.4 is 0 Å². The number of fused-ring (bicyclic) bond motifs is 2. The fourth-order valence-corrected chi connectivity index (χ4v) is 7.76. The molecular weight excluding hydrogens is 600 g/mol. The largest absolute Gasteiger partial charge is 0.479 e. The minimum atomic E-state index is -1.57. The van der Waals surface area contributed by atoms with E-state index < -0.39 is 17.2 Å². The summed E-state index contributed by atoms with van der Waals surface area (Å²) in [6.45, 7) is 9.43. The number of hydrogen-bond acceptors (Lipinski definition) is 7. The number of halogens is 1. The molecule has 0 saturated heterocycles. The van der Waals surface area contributed by atoms with Crippen LogP contribution in [0, 0.1) is 6.92 Å². The fraction of sp³-hybridized carbons (Fsp3) is 0.273. The minimum Gasteiger partial charge on any atom is -0.479 e. The molecule has 10 heteroatoms. The summed E-state index contributed by atoms with van der Waals surface area (Å²) >= 11 is 9.32. The zero-order valence-corrected chi connectivity index (χ0v) is 27.1. The molecule has 6 rings (SSSR count). The van der Waals surface area contributed by atoms with Gasteiger partial charge in [0.05, 0.1) is 33.2 Å². The predicted octanol–water partition coefficient (Wildman–Crippen LogP) is 9.11. The summed E-state index contributed by atoms with van der Waals surface area (Å²) < 4.78 is 9.19. The SMILES string of the molecule is CCC(OC(C)(C)C)(C(=O)O)c1c(C)cc2nc(-c3nc(-c4ccc5c(cnn5C)c4)cs3)sc2c1-c1ccc(Cl)cc1. The van der Waals surface area contributed by atoms with Crippen LogP contribution in [0.15, 0.2) is 60.1 Å². The normalized spacial score (nSPS) is 13.6. The molecule has 0 fully saturated rings. The van der Waals surface area contributed by atoms with Crippen molar-refractivity contribution in [1.29, 1.82) is 0 Å².